The lowest BCUT2D eigenvalue weighted by atomic mass is 10.1. The second-order valence-corrected chi connectivity index (χ2v) is 3.89. The van der Waals surface area contributed by atoms with E-state index in [1.54, 1.807) is 0 Å². The Bertz CT molecular complexity index is 205. The van der Waals surface area contributed by atoms with E-state index in [1.165, 1.54) is 0 Å². The molecule has 1 aliphatic heterocycles. The molecule has 2 N–H and O–H groups in total. The number of alkyl halides is 3. The van der Waals surface area contributed by atoms with Gasteiger partial charge >= 0.3 is 6.18 Å². The van der Waals surface area contributed by atoms with E-state index in [2.05, 4.69) is 5.32 Å². The molecule has 0 radical (unpaired) electrons. The van der Waals surface area contributed by atoms with Crippen molar-refractivity contribution in [3.63, 3.8) is 0 Å². The summed E-state index contributed by atoms with van der Waals surface area (Å²) in [6, 6.07) is 0. The molecule has 0 aromatic rings. The van der Waals surface area contributed by atoms with Crippen molar-refractivity contribution in [1.29, 1.82) is 0 Å². The summed E-state index contributed by atoms with van der Waals surface area (Å²) < 4.78 is 42.0. The zero-order valence-corrected chi connectivity index (χ0v) is 8.06. The molecule has 0 aromatic carbocycles. The first-order valence-corrected chi connectivity index (χ1v) is 4.37. The fourth-order valence-electron chi connectivity index (χ4n) is 1.21. The van der Waals surface area contributed by atoms with Crippen molar-refractivity contribution in [1.82, 2.24) is 5.32 Å². The van der Waals surface area contributed by atoms with Gasteiger partial charge in [0, 0.05) is 13.1 Å². The van der Waals surface area contributed by atoms with E-state index < -0.39 is 24.0 Å². The predicted molar refractivity (Wildman–Crippen MR) is 43.9 cm³/mol. The Morgan fingerprint density at radius 2 is 1.86 bits per heavy atom. The molecule has 0 saturated carbocycles. The molecule has 0 spiro atoms. The minimum atomic E-state index is -4.42. The largest absolute Gasteiger partial charge is 0.416 e. The molecule has 0 amide bonds. The van der Waals surface area contributed by atoms with Gasteiger partial charge in [-0.2, -0.15) is 13.2 Å². The molecule has 14 heavy (non-hydrogen) atoms. The second kappa shape index (κ2) is 3.67. The number of aliphatic hydroxyl groups is 1. The van der Waals surface area contributed by atoms with Crippen LogP contribution in [0.1, 0.15) is 13.8 Å². The first-order chi connectivity index (χ1) is 6.24. The molecule has 3 nitrogen and oxygen atoms in total. The Kier molecular flexibility index (Phi) is 3.08. The van der Waals surface area contributed by atoms with Gasteiger partial charge in [-0.15, -0.1) is 0 Å². The molecule has 0 aliphatic carbocycles. The van der Waals surface area contributed by atoms with Crippen LogP contribution in [0.3, 0.4) is 0 Å². The van der Waals surface area contributed by atoms with Crippen LogP contribution in [0.5, 0.6) is 0 Å². The standard InChI is InChI=1S/C8H14F3NO2/c1-7(2,8(9,10)11)14-6-4-12-3-5(6)13/h5-6,12-13H,3-4H2,1-2H3. The summed E-state index contributed by atoms with van der Waals surface area (Å²) in [5, 5.41) is 12.0. The SMILES string of the molecule is CC(C)(OC1CNCC1O)C(F)(F)F. The highest BCUT2D eigenvalue weighted by molar-refractivity contribution is 4.87. The zero-order valence-electron chi connectivity index (χ0n) is 8.06. The minimum Gasteiger partial charge on any atom is -0.389 e. The van der Waals surface area contributed by atoms with Gasteiger partial charge in [-0.05, 0) is 13.8 Å². The Morgan fingerprint density at radius 1 is 1.29 bits per heavy atom. The van der Waals surface area contributed by atoms with E-state index >= 15 is 0 Å². The van der Waals surface area contributed by atoms with Crippen LogP contribution in [-0.4, -0.2) is 42.2 Å². The summed E-state index contributed by atoms with van der Waals surface area (Å²) in [6.07, 6.45) is -6.07. The Balaban J connectivity index is 2.58. The van der Waals surface area contributed by atoms with Gasteiger partial charge in [0.1, 0.15) is 0 Å². The van der Waals surface area contributed by atoms with Crippen molar-refractivity contribution < 1.29 is 23.0 Å². The van der Waals surface area contributed by atoms with E-state index in [4.69, 9.17) is 4.74 Å². The van der Waals surface area contributed by atoms with Crippen molar-refractivity contribution in [3.8, 4) is 0 Å². The van der Waals surface area contributed by atoms with Crippen LogP contribution in [0.2, 0.25) is 0 Å². The minimum absolute atomic E-state index is 0.251. The van der Waals surface area contributed by atoms with Gasteiger partial charge < -0.3 is 15.2 Å². The van der Waals surface area contributed by atoms with E-state index in [0.717, 1.165) is 13.8 Å². The fourth-order valence-corrected chi connectivity index (χ4v) is 1.21. The molecule has 0 bridgehead atoms. The second-order valence-electron chi connectivity index (χ2n) is 3.89. The third-order valence-corrected chi connectivity index (χ3v) is 2.26. The molecular formula is C8H14F3NO2. The predicted octanol–water partition coefficient (Wildman–Crippen LogP) is 0.677. The molecule has 6 heteroatoms. The molecule has 84 valence electrons. The first-order valence-electron chi connectivity index (χ1n) is 4.37. The quantitative estimate of drug-likeness (QED) is 0.708. The van der Waals surface area contributed by atoms with Crippen molar-refractivity contribution in [2.24, 2.45) is 0 Å². The number of β-amino-alcohol motifs (C(OH)–C–C–N with tert-alkyl or cyclic N) is 1. The van der Waals surface area contributed by atoms with Crippen LogP contribution in [-0.2, 0) is 4.74 Å². The van der Waals surface area contributed by atoms with Gasteiger partial charge in [0.05, 0.1) is 12.2 Å². The normalized spacial score (nSPS) is 29.6. The molecule has 0 aromatic heterocycles. The third kappa shape index (κ3) is 2.37. The van der Waals surface area contributed by atoms with Crippen molar-refractivity contribution >= 4 is 0 Å². The summed E-state index contributed by atoms with van der Waals surface area (Å²) in [7, 11) is 0. The number of nitrogens with one attached hydrogen (secondary N) is 1. The van der Waals surface area contributed by atoms with Gasteiger partial charge in [-0.3, -0.25) is 0 Å². The van der Waals surface area contributed by atoms with Crippen LogP contribution in [0.4, 0.5) is 13.2 Å². The Hall–Kier alpha value is -0.330. The molecule has 1 rings (SSSR count). The lowest BCUT2D eigenvalue weighted by Gasteiger charge is -2.31. The van der Waals surface area contributed by atoms with E-state index in [9.17, 15) is 18.3 Å². The molecule has 1 saturated heterocycles. The highest BCUT2D eigenvalue weighted by atomic mass is 19.4. The number of aliphatic hydroxyl groups excluding tert-OH is 1. The highest BCUT2D eigenvalue weighted by Crippen LogP contribution is 2.34. The lowest BCUT2D eigenvalue weighted by molar-refractivity contribution is -0.280. The van der Waals surface area contributed by atoms with Crippen LogP contribution in [0, 0.1) is 0 Å². The summed E-state index contributed by atoms with van der Waals surface area (Å²) in [6.45, 7) is 2.44. The van der Waals surface area contributed by atoms with Gasteiger partial charge in [0.25, 0.3) is 0 Å². The third-order valence-electron chi connectivity index (χ3n) is 2.26. The summed E-state index contributed by atoms with van der Waals surface area (Å²) in [4.78, 5) is 0. The van der Waals surface area contributed by atoms with E-state index in [-0.39, 0.29) is 13.1 Å². The number of hydrogen-bond donors (Lipinski definition) is 2. The maximum Gasteiger partial charge on any atom is 0.416 e. The average molecular weight is 213 g/mol. The molecule has 1 aliphatic rings. The van der Waals surface area contributed by atoms with Gasteiger partial charge in [-0.1, -0.05) is 0 Å². The lowest BCUT2D eigenvalue weighted by Crippen LogP contribution is -2.47. The first kappa shape index (κ1) is 11.7. The monoisotopic (exact) mass is 213 g/mol. The molecular weight excluding hydrogens is 199 g/mol. The van der Waals surface area contributed by atoms with E-state index in [1.807, 2.05) is 0 Å². The average Bonchev–Trinajstić information content (AvgIpc) is 2.33. The topological polar surface area (TPSA) is 41.5 Å². The number of ether oxygens (including phenoxy) is 1. The highest BCUT2D eigenvalue weighted by Gasteiger charge is 2.50. The van der Waals surface area contributed by atoms with E-state index in [0.29, 0.717) is 0 Å². The van der Waals surface area contributed by atoms with Crippen LogP contribution >= 0.6 is 0 Å². The van der Waals surface area contributed by atoms with Gasteiger partial charge in [-0.25, -0.2) is 0 Å². The van der Waals surface area contributed by atoms with Gasteiger partial charge in [0.2, 0.25) is 0 Å². The van der Waals surface area contributed by atoms with Gasteiger partial charge in [0.15, 0.2) is 5.60 Å². The Morgan fingerprint density at radius 3 is 2.21 bits per heavy atom. The van der Waals surface area contributed by atoms with Crippen molar-refractivity contribution in [2.45, 2.75) is 37.8 Å². The molecule has 2 atom stereocenters. The fraction of sp³-hybridized carbons (Fsp3) is 1.00. The maximum atomic E-state index is 12.4. The van der Waals surface area contributed by atoms with Crippen LogP contribution in [0.15, 0.2) is 0 Å². The molecule has 1 heterocycles. The summed E-state index contributed by atoms with van der Waals surface area (Å²) in [5.41, 5.74) is -2.22. The number of rotatable bonds is 2. The van der Waals surface area contributed by atoms with Crippen LogP contribution in [0.25, 0.3) is 0 Å². The Labute approximate surface area is 80.2 Å². The summed E-state index contributed by atoms with van der Waals surface area (Å²) in [5.74, 6) is 0. The van der Waals surface area contributed by atoms with Crippen molar-refractivity contribution in [2.75, 3.05) is 13.1 Å². The summed E-state index contributed by atoms with van der Waals surface area (Å²) >= 11 is 0. The zero-order chi connectivity index (χ0) is 11.0. The van der Waals surface area contributed by atoms with Crippen LogP contribution < -0.4 is 5.32 Å². The van der Waals surface area contributed by atoms with Crippen molar-refractivity contribution in [3.05, 3.63) is 0 Å². The number of halogens is 3. The molecule has 2 unspecified atom stereocenters. The smallest absolute Gasteiger partial charge is 0.389 e. The number of hydrogen-bond acceptors (Lipinski definition) is 3. The maximum absolute atomic E-state index is 12.4. The molecule has 1 fully saturated rings.